The molecule has 158 valence electrons. The Bertz CT molecular complexity index is 1460. The lowest BCUT2D eigenvalue weighted by Crippen LogP contribution is -2.36. The van der Waals surface area contributed by atoms with Gasteiger partial charge in [-0.2, -0.15) is 0 Å². The minimum absolute atomic E-state index is 0.0248. The minimum Gasteiger partial charge on any atom is -0.357 e. The maximum absolute atomic E-state index is 13.6. The predicted molar refractivity (Wildman–Crippen MR) is 125 cm³/mol. The van der Waals surface area contributed by atoms with Crippen molar-refractivity contribution in [1.29, 1.82) is 0 Å². The number of hydrogen-bond acceptors (Lipinski definition) is 3. The van der Waals surface area contributed by atoms with Gasteiger partial charge in [0.25, 0.3) is 0 Å². The van der Waals surface area contributed by atoms with Crippen LogP contribution in [0.2, 0.25) is 0 Å². The largest absolute Gasteiger partial charge is 0.357 e. The van der Waals surface area contributed by atoms with Crippen LogP contribution in [0.1, 0.15) is 34.4 Å². The van der Waals surface area contributed by atoms with Crippen LogP contribution in [0.4, 0.5) is 4.39 Å². The molecule has 1 aliphatic rings. The van der Waals surface area contributed by atoms with Crippen molar-refractivity contribution in [1.82, 2.24) is 19.9 Å². The molecule has 1 N–H and O–H groups in total. The quantitative estimate of drug-likeness (QED) is 0.405. The number of fused-ring (bicyclic) bond motifs is 4. The van der Waals surface area contributed by atoms with Crippen LogP contribution in [0.15, 0.2) is 72.8 Å². The topological polar surface area (TPSA) is 44.8 Å². The van der Waals surface area contributed by atoms with Gasteiger partial charge in [-0.15, -0.1) is 0 Å². The zero-order valence-electron chi connectivity index (χ0n) is 17.8. The highest BCUT2D eigenvalue weighted by molar-refractivity contribution is 5.85. The molecule has 1 atom stereocenters. The molecule has 0 spiro atoms. The van der Waals surface area contributed by atoms with Gasteiger partial charge < -0.3 is 4.98 Å². The molecule has 4 nitrogen and oxygen atoms in total. The van der Waals surface area contributed by atoms with Crippen molar-refractivity contribution in [3.8, 4) is 0 Å². The Labute approximate surface area is 185 Å². The average Bonchev–Trinajstić information content (AvgIpc) is 3.17. The number of aromatic amines is 1. The number of rotatable bonds is 3. The lowest BCUT2D eigenvalue weighted by atomic mass is 9.94. The van der Waals surface area contributed by atoms with Crippen molar-refractivity contribution in [2.75, 3.05) is 6.54 Å². The van der Waals surface area contributed by atoms with Gasteiger partial charge in [0.2, 0.25) is 0 Å². The number of nitrogens with zero attached hydrogens (tertiary/aromatic N) is 3. The van der Waals surface area contributed by atoms with Crippen LogP contribution in [-0.2, 0) is 13.0 Å². The Balaban J connectivity index is 1.44. The zero-order chi connectivity index (χ0) is 21.7. The van der Waals surface area contributed by atoms with Gasteiger partial charge >= 0.3 is 0 Å². The maximum Gasteiger partial charge on any atom is 0.123 e. The second-order valence-corrected chi connectivity index (χ2v) is 8.53. The van der Waals surface area contributed by atoms with Crippen LogP contribution in [0.25, 0.3) is 21.8 Å². The van der Waals surface area contributed by atoms with Crippen molar-refractivity contribution in [2.45, 2.75) is 25.9 Å². The fourth-order valence-corrected chi connectivity index (χ4v) is 4.95. The summed E-state index contributed by atoms with van der Waals surface area (Å²) in [6.45, 7) is 3.65. The first-order valence-corrected chi connectivity index (χ1v) is 11.0. The van der Waals surface area contributed by atoms with E-state index in [1.54, 1.807) is 6.07 Å². The second kappa shape index (κ2) is 7.53. The number of benzene rings is 2. The normalized spacial score (nSPS) is 16.5. The number of hydrogen-bond donors (Lipinski definition) is 1. The molecule has 2 aromatic carbocycles. The molecule has 0 radical (unpaired) electrons. The van der Waals surface area contributed by atoms with E-state index in [9.17, 15) is 4.39 Å². The minimum atomic E-state index is -0.236. The second-order valence-electron chi connectivity index (χ2n) is 8.53. The molecule has 1 unspecified atom stereocenters. The van der Waals surface area contributed by atoms with Crippen LogP contribution in [-0.4, -0.2) is 26.4 Å². The first-order chi connectivity index (χ1) is 15.7. The Kier molecular flexibility index (Phi) is 4.51. The van der Waals surface area contributed by atoms with E-state index in [-0.39, 0.29) is 11.9 Å². The third kappa shape index (κ3) is 3.26. The van der Waals surface area contributed by atoms with Gasteiger partial charge in [0.15, 0.2) is 0 Å². The summed E-state index contributed by atoms with van der Waals surface area (Å²) in [6.07, 6.45) is 0.973. The first kappa shape index (κ1) is 19.1. The smallest absolute Gasteiger partial charge is 0.123 e. The van der Waals surface area contributed by atoms with Crippen molar-refractivity contribution >= 4 is 21.8 Å². The molecule has 0 aliphatic carbocycles. The van der Waals surface area contributed by atoms with Crippen LogP contribution < -0.4 is 0 Å². The molecule has 32 heavy (non-hydrogen) atoms. The summed E-state index contributed by atoms with van der Waals surface area (Å²) in [4.78, 5) is 15.8. The number of aryl methyl sites for hydroxylation is 1. The average molecular weight is 423 g/mol. The molecule has 0 saturated carbocycles. The summed E-state index contributed by atoms with van der Waals surface area (Å²) >= 11 is 0. The van der Waals surface area contributed by atoms with Crippen molar-refractivity contribution in [3.05, 3.63) is 107 Å². The number of nitrogens with one attached hydrogen (secondary N) is 1. The van der Waals surface area contributed by atoms with E-state index >= 15 is 0 Å². The van der Waals surface area contributed by atoms with Crippen LogP contribution in [0.5, 0.6) is 0 Å². The summed E-state index contributed by atoms with van der Waals surface area (Å²) in [7, 11) is 0. The van der Waals surface area contributed by atoms with Crippen LogP contribution in [0, 0.1) is 12.7 Å². The van der Waals surface area contributed by atoms with Crippen LogP contribution >= 0.6 is 0 Å². The molecular formula is C27H23FN4. The third-order valence-electron chi connectivity index (χ3n) is 6.40. The zero-order valence-corrected chi connectivity index (χ0v) is 17.8. The van der Waals surface area contributed by atoms with Crippen LogP contribution in [0.3, 0.4) is 0 Å². The molecule has 0 saturated heterocycles. The SMILES string of the molecule is Cc1cccc(C2c3[nH]c4ccccc4c3CCN2Cc2ccc3cc(F)ccc3n2)n1. The Morgan fingerprint density at radius 2 is 1.91 bits per heavy atom. The van der Waals surface area contributed by atoms with E-state index in [1.165, 1.54) is 34.3 Å². The third-order valence-corrected chi connectivity index (χ3v) is 6.40. The molecule has 0 bridgehead atoms. The van der Waals surface area contributed by atoms with E-state index in [2.05, 4.69) is 46.3 Å². The molecule has 0 fully saturated rings. The van der Waals surface area contributed by atoms with E-state index in [0.29, 0.717) is 6.54 Å². The van der Waals surface area contributed by atoms with Gasteiger partial charge in [0.05, 0.1) is 22.9 Å². The van der Waals surface area contributed by atoms with Crippen molar-refractivity contribution < 1.29 is 4.39 Å². The molecule has 5 heteroatoms. The Morgan fingerprint density at radius 1 is 1.00 bits per heavy atom. The molecular weight excluding hydrogens is 399 g/mol. The highest BCUT2D eigenvalue weighted by atomic mass is 19.1. The van der Waals surface area contributed by atoms with E-state index in [1.807, 2.05) is 25.1 Å². The summed E-state index contributed by atoms with van der Waals surface area (Å²) in [6, 6.07) is 23.5. The standard InChI is InChI=1S/C27H23FN4/c1-17-5-4-8-25(29-17)27-26-22(21-6-2-3-7-24(21)31-26)13-14-32(27)16-20-11-9-18-15-19(28)10-12-23(18)30-20/h2-12,15,27,31H,13-14,16H2,1H3. The number of H-pyrrole nitrogens is 1. The highest BCUT2D eigenvalue weighted by Gasteiger charge is 2.32. The first-order valence-electron chi connectivity index (χ1n) is 11.0. The summed E-state index contributed by atoms with van der Waals surface area (Å²) in [5, 5.41) is 2.12. The lowest BCUT2D eigenvalue weighted by molar-refractivity contribution is 0.196. The predicted octanol–water partition coefficient (Wildman–Crippen LogP) is 5.71. The van der Waals surface area contributed by atoms with Gasteiger partial charge in [0, 0.05) is 40.8 Å². The highest BCUT2D eigenvalue weighted by Crippen LogP contribution is 2.38. The monoisotopic (exact) mass is 422 g/mol. The molecule has 3 aromatic heterocycles. The van der Waals surface area contributed by atoms with E-state index < -0.39 is 0 Å². The van der Waals surface area contributed by atoms with Crippen molar-refractivity contribution in [3.63, 3.8) is 0 Å². The fraction of sp³-hybridized carbons (Fsp3) is 0.185. The lowest BCUT2D eigenvalue weighted by Gasteiger charge is -2.35. The molecule has 5 aromatic rings. The van der Waals surface area contributed by atoms with Gasteiger partial charge in [-0.05, 0) is 61.4 Å². The van der Waals surface area contributed by atoms with Gasteiger partial charge in [-0.1, -0.05) is 30.3 Å². The molecule has 1 aliphatic heterocycles. The maximum atomic E-state index is 13.6. The summed E-state index contributed by atoms with van der Waals surface area (Å²) in [5.74, 6) is -0.236. The number of halogens is 1. The number of pyridine rings is 2. The summed E-state index contributed by atoms with van der Waals surface area (Å²) < 4.78 is 13.6. The van der Waals surface area contributed by atoms with E-state index in [4.69, 9.17) is 9.97 Å². The molecule has 6 rings (SSSR count). The van der Waals surface area contributed by atoms with Gasteiger partial charge in [0.1, 0.15) is 5.82 Å². The number of aromatic nitrogens is 3. The van der Waals surface area contributed by atoms with Gasteiger partial charge in [-0.25, -0.2) is 4.39 Å². The Hall–Kier alpha value is -3.57. The Morgan fingerprint density at radius 3 is 2.81 bits per heavy atom. The van der Waals surface area contributed by atoms with Gasteiger partial charge in [-0.3, -0.25) is 14.9 Å². The summed E-state index contributed by atoms with van der Waals surface area (Å²) in [5.41, 5.74) is 7.61. The van der Waals surface area contributed by atoms with Crippen molar-refractivity contribution in [2.24, 2.45) is 0 Å². The van der Waals surface area contributed by atoms with E-state index in [0.717, 1.165) is 41.0 Å². The fourth-order valence-electron chi connectivity index (χ4n) is 4.95. The molecule has 4 heterocycles. The molecule has 0 amide bonds. The number of para-hydroxylation sites is 1.